The van der Waals surface area contributed by atoms with Crippen molar-refractivity contribution in [2.45, 2.75) is 105 Å². The Labute approximate surface area is 304 Å². The zero-order chi connectivity index (χ0) is 36.5. The molecule has 0 atom stereocenters. The molecular weight excluding hydrogens is 637 g/mol. The molecule has 0 unspecified atom stereocenters. The Bertz CT molecular complexity index is 2150. The lowest BCUT2D eigenvalue weighted by molar-refractivity contribution is -0.582. The highest BCUT2D eigenvalue weighted by Gasteiger charge is 2.37. The van der Waals surface area contributed by atoms with E-state index >= 15 is 0 Å². The lowest BCUT2D eigenvalue weighted by Gasteiger charge is -2.24. The molecule has 50 heavy (non-hydrogen) atoms. The standard InChI is InChI=1S/C46H59N2Si2/c1-30(2)40-27-36(33-21-19-32(20-22-33)35-25-37(49(9,10)11)29-38(26-35)50(12,13)14)28-41(31(3)4)43(40)48-44-39-18-16-15-17-34(39)23-24-42(44)47(8)45(48)46(5,6)7/h15-31H,1-14H3/q+1. The van der Waals surface area contributed by atoms with Crippen molar-refractivity contribution >= 4 is 48.3 Å². The lowest BCUT2D eigenvalue weighted by atomic mass is 9.87. The number of hydrogen-bond donors (Lipinski definition) is 0. The first-order valence-corrected chi connectivity index (χ1v) is 25.6. The molecule has 1 heterocycles. The average Bonchev–Trinajstić information content (AvgIpc) is 3.35. The molecule has 0 saturated heterocycles. The first-order chi connectivity index (χ1) is 23.3. The second-order valence-electron chi connectivity index (χ2n) is 18.3. The lowest BCUT2D eigenvalue weighted by Crippen LogP contribution is -2.45. The molecule has 0 fully saturated rings. The third-order valence-electron chi connectivity index (χ3n) is 10.5. The summed E-state index contributed by atoms with van der Waals surface area (Å²) in [6.07, 6.45) is 0. The van der Waals surface area contributed by atoms with E-state index in [0.29, 0.717) is 11.8 Å². The molecular formula is C46H59N2Si2+. The van der Waals surface area contributed by atoms with Gasteiger partial charge < -0.3 is 0 Å². The molecule has 1 aromatic heterocycles. The van der Waals surface area contributed by atoms with Gasteiger partial charge in [-0.15, -0.1) is 0 Å². The molecule has 0 aliphatic rings. The molecule has 260 valence electrons. The second kappa shape index (κ2) is 12.8. The maximum absolute atomic E-state index is 2.64. The van der Waals surface area contributed by atoms with Crippen LogP contribution in [0.3, 0.4) is 0 Å². The van der Waals surface area contributed by atoms with Gasteiger partial charge in [-0.05, 0) is 90.6 Å². The monoisotopic (exact) mass is 695 g/mol. The van der Waals surface area contributed by atoms with Crippen molar-refractivity contribution in [2.75, 3.05) is 0 Å². The number of rotatable bonds is 7. The van der Waals surface area contributed by atoms with Crippen LogP contribution in [0.4, 0.5) is 0 Å². The summed E-state index contributed by atoms with van der Waals surface area (Å²) in [5.41, 5.74) is 11.9. The summed E-state index contributed by atoms with van der Waals surface area (Å²) in [6, 6.07) is 35.3. The molecule has 0 bridgehead atoms. The first kappa shape index (κ1) is 36.1. The average molecular weight is 696 g/mol. The fraction of sp³-hybridized carbons (Fsp3) is 0.370. The predicted molar refractivity (Wildman–Crippen MR) is 226 cm³/mol. The fourth-order valence-electron chi connectivity index (χ4n) is 7.68. The summed E-state index contributed by atoms with van der Waals surface area (Å²) in [5.74, 6) is 2.01. The van der Waals surface area contributed by atoms with E-state index in [9.17, 15) is 0 Å². The maximum atomic E-state index is 2.64. The van der Waals surface area contributed by atoms with Crippen molar-refractivity contribution in [1.29, 1.82) is 0 Å². The normalized spacial score (nSPS) is 13.0. The Morgan fingerprint density at radius 1 is 0.580 bits per heavy atom. The van der Waals surface area contributed by atoms with Crippen LogP contribution in [0.1, 0.15) is 77.3 Å². The second-order valence-corrected chi connectivity index (χ2v) is 28.5. The Hall–Kier alpha value is -3.74. The highest BCUT2D eigenvalue weighted by atomic mass is 28.3. The zero-order valence-electron chi connectivity index (χ0n) is 33.2. The predicted octanol–water partition coefficient (Wildman–Crippen LogP) is 11.6. The summed E-state index contributed by atoms with van der Waals surface area (Å²) in [7, 11) is -0.685. The van der Waals surface area contributed by atoms with Gasteiger partial charge in [0.05, 0.1) is 28.6 Å². The molecule has 0 aliphatic carbocycles. The van der Waals surface area contributed by atoms with Crippen LogP contribution in [0.15, 0.2) is 91.0 Å². The van der Waals surface area contributed by atoms with Gasteiger partial charge >= 0.3 is 0 Å². The molecule has 4 heteroatoms. The van der Waals surface area contributed by atoms with Gasteiger partial charge in [0.1, 0.15) is 5.69 Å². The van der Waals surface area contributed by atoms with Crippen LogP contribution in [-0.4, -0.2) is 20.7 Å². The molecule has 0 saturated carbocycles. The molecule has 5 aromatic carbocycles. The van der Waals surface area contributed by atoms with E-state index in [2.05, 4.69) is 195 Å². The Kier molecular flexibility index (Phi) is 9.23. The van der Waals surface area contributed by atoms with E-state index < -0.39 is 16.1 Å². The smallest absolute Gasteiger partial charge is 0.229 e. The van der Waals surface area contributed by atoms with Crippen molar-refractivity contribution in [3.05, 3.63) is 108 Å². The molecule has 0 amide bonds. The largest absolute Gasteiger partial charge is 0.267 e. The minimum atomic E-state index is -1.47. The molecule has 0 aliphatic heterocycles. The van der Waals surface area contributed by atoms with Crippen molar-refractivity contribution in [2.24, 2.45) is 7.05 Å². The van der Waals surface area contributed by atoms with Crippen LogP contribution in [0, 0.1) is 0 Å². The Morgan fingerprint density at radius 3 is 1.52 bits per heavy atom. The van der Waals surface area contributed by atoms with E-state index in [-0.39, 0.29) is 5.41 Å². The molecule has 6 rings (SSSR count). The van der Waals surface area contributed by atoms with E-state index in [4.69, 9.17) is 0 Å². The van der Waals surface area contributed by atoms with E-state index in [0.717, 1.165) is 0 Å². The molecule has 0 spiro atoms. The van der Waals surface area contributed by atoms with E-state index in [1.165, 1.54) is 66.7 Å². The number of aromatic nitrogens is 2. The van der Waals surface area contributed by atoms with Crippen LogP contribution in [0.5, 0.6) is 0 Å². The van der Waals surface area contributed by atoms with Crippen LogP contribution in [-0.2, 0) is 12.5 Å². The van der Waals surface area contributed by atoms with E-state index in [1.807, 2.05) is 0 Å². The van der Waals surface area contributed by atoms with Gasteiger partial charge in [-0.25, -0.2) is 4.57 Å². The SMILES string of the molecule is CC(C)c1cc(-c2ccc(-c3cc([Si](C)(C)C)cc([Si](C)(C)C)c3)cc2)cc(C(C)C)c1-[n+]1c(C(C)(C)C)n(C)c2ccc3ccccc3c21. The minimum Gasteiger partial charge on any atom is -0.229 e. The summed E-state index contributed by atoms with van der Waals surface area (Å²) in [5, 5.41) is 5.70. The van der Waals surface area contributed by atoms with Crippen LogP contribution in [0.25, 0.3) is 49.7 Å². The van der Waals surface area contributed by atoms with Gasteiger partial charge in [0.15, 0.2) is 11.0 Å². The number of benzene rings is 5. The van der Waals surface area contributed by atoms with Crippen LogP contribution in [0.2, 0.25) is 39.3 Å². The van der Waals surface area contributed by atoms with Crippen molar-refractivity contribution in [3.8, 4) is 27.9 Å². The Balaban J connectivity index is 1.58. The van der Waals surface area contributed by atoms with Gasteiger partial charge in [-0.1, -0.05) is 138 Å². The topological polar surface area (TPSA) is 8.81 Å². The minimum absolute atomic E-state index is 0.0754. The quantitative estimate of drug-likeness (QED) is 0.116. The van der Waals surface area contributed by atoms with Gasteiger partial charge in [-0.2, -0.15) is 4.57 Å². The third kappa shape index (κ3) is 6.57. The summed E-state index contributed by atoms with van der Waals surface area (Å²) in [6.45, 7) is 31.3. The Morgan fingerprint density at radius 2 is 1.06 bits per heavy atom. The third-order valence-corrected chi connectivity index (χ3v) is 14.6. The zero-order valence-corrected chi connectivity index (χ0v) is 35.2. The number of imidazole rings is 1. The van der Waals surface area contributed by atoms with Crippen molar-refractivity contribution in [3.63, 3.8) is 0 Å². The molecule has 2 nitrogen and oxygen atoms in total. The molecule has 0 N–H and O–H groups in total. The fourth-order valence-corrected chi connectivity index (χ4v) is 10.2. The van der Waals surface area contributed by atoms with E-state index in [1.54, 1.807) is 10.4 Å². The number of hydrogen-bond acceptors (Lipinski definition) is 0. The summed E-state index contributed by atoms with van der Waals surface area (Å²) < 4.78 is 5.07. The van der Waals surface area contributed by atoms with Gasteiger partial charge in [0.2, 0.25) is 0 Å². The van der Waals surface area contributed by atoms with Gasteiger partial charge in [0.25, 0.3) is 5.82 Å². The maximum Gasteiger partial charge on any atom is 0.267 e. The van der Waals surface area contributed by atoms with Crippen LogP contribution < -0.4 is 14.9 Å². The van der Waals surface area contributed by atoms with Crippen molar-refractivity contribution in [1.82, 2.24) is 4.57 Å². The summed E-state index contributed by atoms with van der Waals surface area (Å²) >= 11 is 0. The molecule has 0 radical (unpaired) electrons. The van der Waals surface area contributed by atoms with Crippen molar-refractivity contribution < 1.29 is 4.57 Å². The number of fused-ring (bicyclic) bond motifs is 3. The first-order valence-electron chi connectivity index (χ1n) is 18.6. The summed E-state index contributed by atoms with van der Waals surface area (Å²) in [4.78, 5) is 0. The number of aryl methyl sites for hydroxylation is 1. The highest BCUT2D eigenvalue weighted by Crippen LogP contribution is 2.38. The number of nitrogens with zero attached hydrogens (tertiary/aromatic N) is 2. The molecule has 6 aromatic rings. The van der Waals surface area contributed by atoms with Gasteiger partial charge in [0, 0.05) is 16.5 Å². The van der Waals surface area contributed by atoms with Crippen LogP contribution >= 0.6 is 0 Å². The highest BCUT2D eigenvalue weighted by molar-refractivity contribution is 6.91. The van der Waals surface area contributed by atoms with Gasteiger partial charge in [-0.3, -0.25) is 0 Å².